The number of thioether (sulfide) groups is 1. The number of carbonyl (C=O) groups excluding carboxylic acids is 1. The number of amides is 1. The summed E-state index contributed by atoms with van der Waals surface area (Å²) in [5.41, 5.74) is 1.09. The summed E-state index contributed by atoms with van der Waals surface area (Å²) >= 11 is 1.67. The fourth-order valence-electron chi connectivity index (χ4n) is 3.66. The molecule has 1 amide bonds. The van der Waals surface area contributed by atoms with Crippen molar-refractivity contribution in [1.82, 2.24) is 4.90 Å². The molecule has 3 rings (SSSR count). The first kappa shape index (κ1) is 18.1. The van der Waals surface area contributed by atoms with Gasteiger partial charge in [-0.15, -0.1) is 11.8 Å². The van der Waals surface area contributed by atoms with Gasteiger partial charge in [0.25, 0.3) is 0 Å². The van der Waals surface area contributed by atoms with Gasteiger partial charge < -0.3 is 4.90 Å². The first-order valence-corrected chi connectivity index (χ1v) is 10.2. The van der Waals surface area contributed by atoms with Crippen LogP contribution in [0.25, 0.3) is 0 Å². The van der Waals surface area contributed by atoms with E-state index in [-0.39, 0.29) is 11.2 Å². The molecule has 0 N–H and O–H groups in total. The van der Waals surface area contributed by atoms with Crippen LogP contribution in [-0.2, 0) is 4.79 Å². The summed E-state index contributed by atoms with van der Waals surface area (Å²) in [4.78, 5) is 16.8. The van der Waals surface area contributed by atoms with Gasteiger partial charge >= 0.3 is 0 Å². The molecule has 0 aliphatic heterocycles. The van der Waals surface area contributed by atoms with Crippen molar-refractivity contribution in [3.05, 3.63) is 66.2 Å². The first-order chi connectivity index (χ1) is 12.3. The first-order valence-electron chi connectivity index (χ1n) is 9.36. The van der Waals surface area contributed by atoms with Gasteiger partial charge in [0.05, 0.1) is 0 Å². The fraction of sp³-hybridized carbons (Fsp3) is 0.409. The van der Waals surface area contributed by atoms with Gasteiger partial charge in [-0.25, -0.2) is 0 Å². The Hall–Kier alpha value is -1.74. The molecule has 3 heteroatoms. The number of carbonyl (C=O) groups is 1. The molecule has 1 unspecified atom stereocenters. The molecule has 0 aromatic heterocycles. The molecule has 1 atom stereocenters. The second-order valence-corrected chi connectivity index (χ2v) is 7.82. The molecule has 1 aliphatic rings. The van der Waals surface area contributed by atoms with Crippen molar-refractivity contribution in [3.8, 4) is 0 Å². The van der Waals surface area contributed by atoms with Crippen molar-refractivity contribution in [2.75, 3.05) is 6.54 Å². The monoisotopic (exact) mass is 353 g/mol. The van der Waals surface area contributed by atoms with E-state index in [2.05, 4.69) is 36.1 Å². The second kappa shape index (κ2) is 9.10. The normalized spacial score (nSPS) is 16.4. The third kappa shape index (κ3) is 4.66. The van der Waals surface area contributed by atoms with Crippen LogP contribution in [0.5, 0.6) is 0 Å². The van der Waals surface area contributed by atoms with Crippen molar-refractivity contribution in [2.45, 2.75) is 55.2 Å². The molecule has 2 nitrogen and oxygen atoms in total. The Labute approximate surface area is 155 Å². The van der Waals surface area contributed by atoms with E-state index in [9.17, 15) is 4.79 Å². The molecule has 1 saturated carbocycles. The number of rotatable bonds is 6. The van der Waals surface area contributed by atoms with E-state index in [1.54, 1.807) is 11.8 Å². The molecule has 0 saturated heterocycles. The highest BCUT2D eigenvalue weighted by atomic mass is 32.2. The molecular formula is C22H27NOS. The molecule has 132 valence electrons. The fourth-order valence-corrected chi connectivity index (χ4v) is 4.78. The lowest BCUT2D eigenvalue weighted by molar-refractivity contribution is -0.133. The lowest BCUT2D eigenvalue weighted by Gasteiger charge is -2.36. The average molecular weight is 354 g/mol. The Balaban J connectivity index is 1.85. The van der Waals surface area contributed by atoms with E-state index >= 15 is 0 Å². The minimum Gasteiger partial charge on any atom is -0.339 e. The van der Waals surface area contributed by atoms with E-state index in [0.29, 0.717) is 6.04 Å². The van der Waals surface area contributed by atoms with Crippen molar-refractivity contribution >= 4 is 17.7 Å². The third-order valence-corrected chi connectivity index (χ3v) is 6.22. The minimum absolute atomic E-state index is 0.175. The summed E-state index contributed by atoms with van der Waals surface area (Å²) < 4.78 is 0. The van der Waals surface area contributed by atoms with Gasteiger partial charge in [0.1, 0.15) is 5.25 Å². The molecular weight excluding hydrogens is 326 g/mol. The van der Waals surface area contributed by atoms with E-state index in [0.717, 1.165) is 29.8 Å². The predicted molar refractivity (Wildman–Crippen MR) is 106 cm³/mol. The zero-order valence-corrected chi connectivity index (χ0v) is 15.8. The number of nitrogens with zero attached hydrogens (tertiary/aromatic N) is 1. The molecule has 0 heterocycles. The number of hydrogen-bond acceptors (Lipinski definition) is 2. The maximum Gasteiger partial charge on any atom is 0.240 e. The summed E-state index contributed by atoms with van der Waals surface area (Å²) in [6.45, 7) is 2.91. The van der Waals surface area contributed by atoms with Crippen LogP contribution in [0, 0.1) is 0 Å². The zero-order chi connectivity index (χ0) is 17.5. The van der Waals surface area contributed by atoms with E-state index in [1.165, 1.54) is 19.3 Å². The average Bonchev–Trinajstić information content (AvgIpc) is 2.69. The van der Waals surface area contributed by atoms with Crippen LogP contribution in [0.1, 0.15) is 49.8 Å². The van der Waals surface area contributed by atoms with Gasteiger partial charge in [-0.3, -0.25) is 4.79 Å². The number of benzene rings is 2. The third-order valence-electron chi connectivity index (χ3n) is 4.96. The van der Waals surface area contributed by atoms with Gasteiger partial charge in [0, 0.05) is 17.5 Å². The Morgan fingerprint density at radius 3 is 2.20 bits per heavy atom. The van der Waals surface area contributed by atoms with Gasteiger partial charge in [0.15, 0.2) is 0 Å². The zero-order valence-electron chi connectivity index (χ0n) is 14.9. The predicted octanol–water partition coefficient (Wildman–Crippen LogP) is 5.70. The highest BCUT2D eigenvalue weighted by molar-refractivity contribution is 8.00. The lowest BCUT2D eigenvalue weighted by atomic mass is 9.93. The van der Waals surface area contributed by atoms with E-state index in [4.69, 9.17) is 0 Å². The van der Waals surface area contributed by atoms with Crippen LogP contribution in [0.4, 0.5) is 0 Å². The Morgan fingerprint density at radius 2 is 1.60 bits per heavy atom. The van der Waals surface area contributed by atoms with Crippen LogP contribution in [0.15, 0.2) is 65.6 Å². The molecule has 25 heavy (non-hydrogen) atoms. The quantitative estimate of drug-likeness (QED) is 0.621. The maximum absolute atomic E-state index is 13.5. The summed E-state index contributed by atoms with van der Waals surface area (Å²) in [5.74, 6) is 0.259. The second-order valence-electron chi connectivity index (χ2n) is 6.64. The summed E-state index contributed by atoms with van der Waals surface area (Å²) in [7, 11) is 0. The van der Waals surface area contributed by atoms with Crippen LogP contribution >= 0.6 is 11.8 Å². The smallest absolute Gasteiger partial charge is 0.240 e. The van der Waals surface area contributed by atoms with Crippen molar-refractivity contribution in [2.24, 2.45) is 0 Å². The van der Waals surface area contributed by atoms with Crippen LogP contribution < -0.4 is 0 Å². The van der Waals surface area contributed by atoms with Gasteiger partial charge in [-0.05, 0) is 37.5 Å². The van der Waals surface area contributed by atoms with Crippen molar-refractivity contribution in [3.63, 3.8) is 0 Å². The SMILES string of the molecule is CCN(C(=O)C(Sc1ccccc1)c1ccccc1)C1CCCCC1. The lowest BCUT2D eigenvalue weighted by Crippen LogP contribution is -2.43. The highest BCUT2D eigenvalue weighted by Gasteiger charge is 2.31. The molecule has 1 aliphatic carbocycles. The van der Waals surface area contributed by atoms with Gasteiger partial charge in [-0.2, -0.15) is 0 Å². The van der Waals surface area contributed by atoms with Crippen LogP contribution in [-0.4, -0.2) is 23.4 Å². The highest BCUT2D eigenvalue weighted by Crippen LogP contribution is 2.38. The maximum atomic E-state index is 13.5. The van der Waals surface area contributed by atoms with Crippen LogP contribution in [0.3, 0.4) is 0 Å². The van der Waals surface area contributed by atoms with Crippen molar-refractivity contribution in [1.29, 1.82) is 0 Å². The minimum atomic E-state index is -0.175. The Morgan fingerprint density at radius 1 is 1.00 bits per heavy atom. The molecule has 0 bridgehead atoms. The molecule has 1 fully saturated rings. The Bertz CT molecular complexity index is 652. The standard InChI is InChI=1S/C22H27NOS/c1-2-23(19-14-8-4-9-15-19)22(24)21(18-12-6-3-7-13-18)25-20-16-10-5-11-17-20/h3,5-7,10-13,16-17,19,21H,2,4,8-9,14-15H2,1H3. The molecule has 0 spiro atoms. The summed E-state index contributed by atoms with van der Waals surface area (Å²) in [6, 6.07) is 20.9. The summed E-state index contributed by atoms with van der Waals surface area (Å²) in [6.07, 6.45) is 6.10. The summed E-state index contributed by atoms with van der Waals surface area (Å²) in [5, 5.41) is -0.175. The number of likely N-dealkylation sites (N-methyl/N-ethyl adjacent to an activating group) is 1. The van der Waals surface area contributed by atoms with Gasteiger partial charge in [-0.1, -0.05) is 67.8 Å². The van der Waals surface area contributed by atoms with Crippen molar-refractivity contribution < 1.29 is 4.79 Å². The molecule has 2 aromatic carbocycles. The largest absolute Gasteiger partial charge is 0.339 e. The molecule has 0 radical (unpaired) electrons. The van der Waals surface area contributed by atoms with E-state index < -0.39 is 0 Å². The Kier molecular flexibility index (Phi) is 6.57. The molecule has 2 aromatic rings. The van der Waals surface area contributed by atoms with E-state index in [1.807, 2.05) is 36.4 Å². The topological polar surface area (TPSA) is 20.3 Å². The van der Waals surface area contributed by atoms with Gasteiger partial charge in [0.2, 0.25) is 5.91 Å². The van der Waals surface area contributed by atoms with Crippen LogP contribution in [0.2, 0.25) is 0 Å². The number of hydrogen-bond donors (Lipinski definition) is 0.